The van der Waals surface area contributed by atoms with Gasteiger partial charge >= 0.3 is 0 Å². The Morgan fingerprint density at radius 1 is 1.44 bits per heavy atom. The first-order valence-electron chi connectivity index (χ1n) is 5.39. The lowest BCUT2D eigenvalue weighted by atomic mass is 10.3. The fraction of sp³-hybridized carbons (Fsp3) is 0.364. The van der Waals surface area contributed by atoms with Gasteiger partial charge in [0.15, 0.2) is 20.9 Å². The average molecular weight is 270 g/mol. The molecule has 1 unspecified atom stereocenters. The second kappa shape index (κ2) is 5.05. The monoisotopic (exact) mass is 270 g/mol. The Bertz CT molecular complexity index is 602. The van der Waals surface area contributed by atoms with Crippen LogP contribution in [0, 0.1) is 0 Å². The van der Waals surface area contributed by atoms with E-state index >= 15 is 0 Å². The maximum absolute atomic E-state index is 11.0. The number of aliphatic hydroxyl groups excluding tert-OH is 1. The lowest BCUT2D eigenvalue weighted by molar-refractivity contribution is 0.242. The van der Waals surface area contributed by atoms with Crippen molar-refractivity contribution in [3.63, 3.8) is 0 Å². The lowest BCUT2D eigenvalue weighted by Gasteiger charge is -2.08. The standard InChI is InChI=1S/C11H14N2O4S/c1-18(15,16)11(14)7-12-6-10-13-8-4-2-3-5-9(8)17-10/h2-5,11-12,14H,6-7H2,1H3. The van der Waals surface area contributed by atoms with Crippen LogP contribution in [0.1, 0.15) is 5.89 Å². The minimum Gasteiger partial charge on any atom is -0.439 e. The Labute approximate surface area is 105 Å². The normalized spacial score (nSPS) is 13.9. The van der Waals surface area contributed by atoms with Gasteiger partial charge in [0.25, 0.3) is 0 Å². The van der Waals surface area contributed by atoms with Gasteiger partial charge in [0.1, 0.15) is 5.52 Å². The van der Waals surface area contributed by atoms with Crippen LogP contribution in [-0.2, 0) is 16.4 Å². The summed E-state index contributed by atoms with van der Waals surface area (Å²) in [5, 5.41) is 12.1. The Morgan fingerprint density at radius 3 is 2.83 bits per heavy atom. The van der Waals surface area contributed by atoms with Gasteiger partial charge in [0.05, 0.1) is 6.54 Å². The number of aliphatic hydroxyl groups is 1. The summed E-state index contributed by atoms with van der Waals surface area (Å²) in [5.74, 6) is 0.455. The molecule has 0 spiro atoms. The summed E-state index contributed by atoms with van der Waals surface area (Å²) in [4.78, 5) is 4.21. The number of rotatable bonds is 5. The molecule has 0 radical (unpaired) electrons. The van der Waals surface area contributed by atoms with E-state index in [1.807, 2.05) is 18.2 Å². The van der Waals surface area contributed by atoms with Crippen molar-refractivity contribution in [3.05, 3.63) is 30.2 Å². The van der Waals surface area contributed by atoms with Crippen LogP contribution in [0.5, 0.6) is 0 Å². The van der Waals surface area contributed by atoms with Gasteiger partial charge < -0.3 is 14.8 Å². The molecule has 0 aliphatic heterocycles. The minimum absolute atomic E-state index is 0.0580. The molecule has 0 fully saturated rings. The molecule has 1 aromatic carbocycles. The number of para-hydroxylation sites is 2. The van der Waals surface area contributed by atoms with Crippen molar-refractivity contribution in [1.29, 1.82) is 0 Å². The number of fused-ring (bicyclic) bond motifs is 1. The number of oxazole rings is 1. The summed E-state index contributed by atoms with van der Waals surface area (Å²) in [6.07, 6.45) is 0.985. The van der Waals surface area contributed by atoms with Crippen LogP contribution >= 0.6 is 0 Å². The number of sulfone groups is 1. The predicted molar refractivity (Wildman–Crippen MR) is 66.6 cm³/mol. The average Bonchev–Trinajstić information content (AvgIpc) is 2.70. The number of aromatic nitrogens is 1. The predicted octanol–water partition coefficient (Wildman–Crippen LogP) is 0.280. The van der Waals surface area contributed by atoms with Crippen molar-refractivity contribution >= 4 is 20.9 Å². The molecule has 18 heavy (non-hydrogen) atoms. The Balaban J connectivity index is 1.95. The molecule has 98 valence electrons. The largest absolute Gasteiger partial charge is 0.439 e. The molecule has 2 rings (SSSR count). The SMILES string of the molecule is CS(=O)(=O)C(O)CNCc1nc2ccccc2o1. The zero-order valence-electron chi connectivity index (χ0n) is 9.83. The van der Waals surface area contributed by atoms with Gasteiger partial charge in [-0.1, -0.05) is 12.1 Å². The van der Waals surface area contributed by atoms with Gasteiger partial charge in [0, 0.05) is 12.8 Å². The highest BCUT2D eigenvalue weighted by molar-refractivity contribution is 7.91. The maximum atomic E-state index is 11.0. The van der Waals surface area contributed by atoms with E-state index in [2.05, 4.69) is 10.3 Å². The zero-order valence-corrected chi connectivity index (χ0v) is 10.6. The van der Waals surface area contributed by atoms with E-state index in [9.17, 15) is 13.5 Å². The van der Waals surface area contributed by atoms with Gasteiger partial charge in [-0.15, -0.1) is 0 Å². The minimum atomic E-state index is -3.44. The first kappa shape index (κ1) is 13.0. The number of hydrogen-bond donors (Lipinski definition) is 2. The van der Waals surface area contributed by atoms with Crippen LogP contribution in [0.4, 0.5) is 0 Å². The maximum Gasteiger partial charge on any atom is 0.209 e. The molecule has 2 N–H and O–H groups in total. The summed E-state index contributed by atoms with van der Waals surface area (Å²) in [6, 6.07) is 7.33. The molecule has 1 heterocycles. The topological polar surface area (TPSA) is 92.4 Å². The van der Waals surface area contributed by atoms with Crippen LogP contribution < -0.4 is 5.32 Å². The summed E-state index contributed by atoms with van der Waals surface area (Å²) in [7, 11) is -3.44. The Morgan fingerprint density at radius 2 is 2.17 bits per heavy atom. The number of hydrogen-bond acceptors (Lipinski definition) is 6. The van der Waals surface area contributed by atoms with Crippen molar-refractivity contribution in [2.24, 2.45) is 0 Å². The van der Waals surface area contributed by atoms with Crippen molar-refractivity contribution in [3.8, 4) is 0 Å². The second-order valence-electron chi connectivity index (χ2n) is 3.99. The second-order valence-corrected chi connectivity index (χ2v) is 6.19. The van der Waals surface area contributed by atoms with E-state index in [1.165, 1.54) is 0 Å². The Hall–Kier alpha value is -1.44. The molecule has 0 saturated heterocycles. The molecule has 6 nitrogen and oxygen atoms in total. The molecule has 2 aromatic rings. The van der Waals surface area contributed by atoms with E-state index in [-0.39, 0.29) is 13.1 Å². The van der Waals surface area contributed by atoms with Gasteiger partial charge in [-0.3, -0.25) is 0 Å². The van der Waals surface area contributed by atoms with E-state index in [1.54, 1.807) is 6.07 Å². The molecular formula is C11H14N2O4S. The number of nitrogens with zero attached hydrogens (tertiary/aromatic N) is 1. The van der Waals surface area contributed by atoms with E-state index in [0.717, 1.165) is 11.8 Å². The third-order valence-electron chi connectivity index (χ3n) is 2.43. The van der Waals surface area contributed by atoms with Crippen molar-refractivity contribution in [2.45, 2.75) is 12.0 Å². The zero-order chi connectivity index (χ0) is 13.2. The van der Waals surface area contributed by atoms with Gasteiger partial charge in [0.2, 0.25) is 5.89 Å². The van der Waals surface area contributed by atoms with Gasteiger partial charge in [-0.05, 0) is 12.1 Å². The quantitative estimate of drug-likeness (QED) is 0.810. The molecule has 0 aliphatic carbocycles. The molecular weight excluding hydrogens is 256 g/mol. The van der Waals surface area contributed by atoms with Crippen LogP contribution in [0.2, 0.25) is 0 Å². The molecule has 0 amide bonds. The first-order chi connectivity index (χ1) is 8.47. The molecule has 1 aromatic heterocycles. The van der Waals surface area contributed by atoms with E-state index < -0.39 is 15.3 Å². The highest BCUT2D eigenvalue weighted by Gasteiger charge is 2.16. The summed E-state index contributed by atoms with van der Waals surface area (Å²) in [5.41, 5.74) is 0.0119. The first-order valence-corrected chi connectivity index (χ1v) is 7.34. The highest BCUT2D eigenvalue weighted by Crippen LogP contribution is 2.14. The van der Waals surface area contributed by atoms with Gasteiger partial charge in [-0.2, -0.15) is 0 Å². The molecule has 0 aliphatic rings. The summed E-state index contributed by atoms with van der Waals surface area (Å²) in [6.45, 7) is 0.207. The smallest absolute Gasteiger partial charge is 0.209 e. The fourth-order valence-electron chi connectivity index (χ4n) is 1.45. The van der Waals surface area contributed by atoms with Crippen molar-refractivity contribution < 1.29 is 17.9 Å². The van der Waals surface area contributed by atoms with Crippen LogP contribution in [0.3, 0.4) is 0 Å². The third-order valence-corrected chi connectivity index (χ3v) is 3.58. The number of benzene rings is 1. The van der Waals surface area contributed by atoms with Gasteiger partial charge in [-0.25, -0.2) is 13.4 Å². The lowest BCUT2D eigenvalue weighted by Crippen LogP contribution is -2.32. The molecule has 7 heteroatoms. The summed E-state index contributed by atoms with van der Waals surface area (Å²) >= 11 is 0. The van der Waals surface area contributed by atoms with E-state index in [0.29, 0.717) is 11.5 Å². The fourth-order valence-corrected chi connectivity index (χ4v) is 1.87. The van der Waals surface area contributed by atoms with Crippen molar-refractivity contribution in [1.82, 2.24) is 10.3 Å². The Kier molecular flexibility index (Phi) is 3.65. The van der Waals surface area contributed by atoms with Crippen molar-refractivity contribution in [2.75, 3.05) is 12.8 Å². The van der Waals surface area contributed by atoms with Crippen LogP contribution in [0.15, 0.2) is 28.7 Å². The number of nitrogens with one attached hydrogen (secondary N) is 1. The third kappa shape index (κ3) is 3.06. The highest BCUT2D eigenvalue weighted by atomic mass is 32.2. The summed E-state index contributed by atoms with van der Waals surface area (Å²) < 4.78 is 27.4. The molecule has 0 saturated carbocycles. The van der Waals surface area contributed by atoms with E-state index in [4.69, 9.17) is 4.42 Å². The van der Waals surface area contributed by atoms with Crippen LogP contribution in [-0.4, -0.2) is 36.7 Å². The van der Waals surface area contributed by atoms with Crippen LogP contribution in [0.25, 0.3) is 11.1 Å². The molecule has 0 bridgehead atoms. The molecule has 1 atom stereocenters.